The number of para-hydroxylation sites is 1. The highest BCUT2D eigenvalue weighted by atomic mass is 15.1. The summed E-state index contributed by atoms with van der Waals surface area (Å²) in [6.07, 6.45) is 0. The summed E-state index contributed by atoms with van der Waals surface area (Å²) >= 11 is 0. The molecular weight excluding hydrogens is 669 g/mol. The van der Waals surface area contributed by atoms with Crippen molar-refractivity contribution in [3.05, 3.63) is 210 Å². The number of rotatable bonds is 7. The fourth-order valence-corrected chi connectivity index (χ4v) is 8.18. The van der Waals surface area contributed by atoms with Gasteiger partial charge in [-0.3, -0.25) is 0 Å². The van der Waals surface area contributed by atoms with Gasteiger partial charge in [-0.15, -0.1) is 0 Å². The topological polar surface area (TPSA) is 34.6 Å². The Kier molecular flexibility index (Phi) is 8.23. The van der Waals surface area contributed by atoms with Crippen molar-refractivity contribution in [2.45, 2.75) is 19.3 Å². The summed E-state index contributed by atoms with van der Waals surface area (Å²) in [7, 11) is 0. The Hall–Kier alpha value is -7.40. The Morgan fingerprint density at radius 2 is 1.02 bits per heavy atom. The summed E-state index contributed by atoms with van der Waals surface area (Å²) in [5.74, 6) is 0. The molecule has 0 amide bonds. The van der Waals surface area contributed by atoms with Gasteiger partial charge in [-0.05, 0) is 129 Å². The van der Waals surface area contributed by atoms with Gasteiger partial charge >= 0.3 is 0 Å². The zero-order valence-electron chi connectivity index (χ0n) is 30.6. The van der Waals surface area contributed by atoms with Crippen LogP contribution in [0.15, 0.2) is 182 Å². The van der Waals surface area contributed by atoms with Crippen LogP contribution in [0.3, 0.4) is 0 Å². The maximum atomic E-state index is 9.53. The van der Waals surface area contributed by atoms with Gasteiger partial charge in [0, 0.05) is 39.5 Å². The number of nitriles is 1. The standard InChI is InChI=1S/C51H36N4/c1-51(2)49-33-45(54(40-12-8-5-9-13-40)43-25-19-39(53-3)20-26-43)28-31-47(49)48-29-18-38-32-44(27-30-46(38)50(48)51)55(41-21-14-35(34-52)15-22-41)42-23-16-37(17-24-42)36-10-6-4-7-11-36/h4-33H,1-2H3. The largest absolute Gasteiger partial charge is 0.311 e. The fourth-order valence-electron chi connectivity index (χ4n) is 8.18. The third-order valence-electron chi connectivity index (χ3n) is 10.9. The quantitative estimate of drug-likeness (QED) is 0.155. The molecule has 0 saturated heterocycles. The molecule has 0 atom stereocenters. The Morgan fingerprint density at radius 3 is 1.65 bits per heavy atom. The molecular formula is C51H36N4. The van der Waals surface area contributed by atoms with Gasteiger partial charge in [0.25, 0.3) is 0 Å². The number of hydrogen-bond donors (Lipinski definition) is 0. The highest BCUT2D eigenvalue weighted by Crippen LogP contribution is 2.53. The predicted molar refractivity (Wildman–Crippen MR) is 227 cm³/mol. The first-order valence-corrected chi connectivity index (χ1v) is 18.4. The monoisotopic (exact) mass is 704 g/mol. The van der Waals surface area contributed by atoms with E-state index in [0.29, 0.717) is 11.3 Å². The third-order valence-corrected chi connectivity index (χ3v) is 10.9. The Balaban J connectivity index is 1.13. The van der Waals surface area contributed by atoms with Gasteiger partial charge in [-0.25, -0.2) is 4.85 Å². The van der Waals surface area contributed by atoms with E-state index < -0.39 is 0 Å². The lowest BCUT2D eigenvalue weighted by Gasteiger charge is -2.29. The Labute approximate surface area is 322 Å². The number of nitrogens with zero attached hydrogens (tertiary/aromatic N) is 4. The van der Waals surface area contributed by atoms with Crippen LogP contribution >= 0.6 is 0 Å². The van der Waals surface area contributed by atoms with Crippen molar-refractivity contribution in [3.63, 3.8) is 0 Å². The van der Waals surface area contributed by atoms with E-state index in [2.05, 4.69) is 156 Å². The lowest BCUT2D eigenvalue weighted by Crippen LogP contribution is -2.17. The van der Waals surface area contributed by atoms with E-state index >= 15 is 0 Å². The number of benzene rings is 8. The maximum Gasteiger partial charge on any atom is 0.187 e. The second-order valence-corrected chi connectivity index (χ2v) is 14.5. The second-order valence-electron chi connectivity index (χ2n) is 14.5. The SMILES string of the molecule is [C-]#[N+]c1ccc(N(c2ccccc2)c2ccc3c(c2)C(C)(C)c2c-3ccc3cc(N(c4ccc(C#N)cc4)c4ccc(-c5ccccc5)cc4)ccc23)cc1. The van der Waals surface area contributed by atoms with Crippen molar-refractivity contribution in [1.82, 2.24) is 0 Å². The molecule has 0 fully saturated rings. The fraction of sp³-hybridized carbons (Fsp3) is 0.0588. The summed E-state index contributed by atoms with van der Waals surface area (Å²) < 4.78 is 0. The molecule has 0 aliphatic heterocycles. The minimum Gasteiger partial charge on any atom is -0.311 e. The van der Waals surface area contributed by atoms with E-state index in [4.69, 9.17) is 6.57 Å². The van der Waals surface area contributed by atoms with Crippen LogP contribution in [0.25, 0.3) is 37.9 Å². The molecule has 55 heavy (non-hydrogen) atoms. The highest BCUT2D eigenvalue weighted by Gasteiger charge is 2.37. The number of hydrogen-bond acceptors (Lipinski definition) is 3. The smallest absolute Gasteiger partial charge is 0.187 e. The zero-order chi connectivity index (χ0) is 37.5. The van der Waals surface area contributed by atoms with Crippen LogP contribution in [0.1, 0.15) is 30.5 Å². The van der Waals surface area contributed by atoms with Crippen LogP contribution in [-0.2, 0) is 5.41 Å². The molecule has 0 spiro atoms. The minimum atomic E-state index is -0.266. The molecule has 9 rings (SSSR count). The number of fused-ring (bicyclic) bond motifs is 5. The molecule has 0 N–H and O–H groups in total. The second kappa shape index (κ2) is 13.5. The van der Waals surface area contributed by atoms with Gasteiger partial charge < -0.3 is 9.80 Å². The molecule has 0 aromatic heterocycles. The van der Waals surface area contributed by atoms with Crippen LogP contribution in [-0.4, -0.2) is 0 Å². The van der Waals surface area contributed by atoms with Crippen LogP contribution in [0.4, 0.5) is 39.8 Å². The zero-order valence-corrected chi connectivity index (χ0v) is 30.6. The molecule has 0 saturated carbocycles. The van der Waals surface area contributed by atoms with Gasteiger partial charge in [0.15, 0.2) is 5.69 Å². The normalized spacial score (nSPS) is 12.3. The van der Waals surface area contributed by atoms with Crippen molar-refractivity contribution in [2.75, 3.05) is 9.80 Å². The van der Waals surface area contributed by atoms with Gasteiger partial charge in [0.1, 0.15) is 0 Å². The first kappa shape index (κ1) is 33.4. The molecule has 4 nitrogen and oxygen atoms in total. The molecule has 0 bridgehead atoms. The minimum absolute atomic E-state index is 0.266. The molecule has 8 aromatic carbocycles. The summed E-state index contributed by atoms with van der Waals surface area (Å²) in [6, 6.07) is 65.5. The van der Waals surface area contributed by atoms with Crippen molar-refractivity contribution < 1.29 is 0 Å². The van der Waals surface area contributed by atoms with E-state index in [1.807, 2.05) is 60.7 Å². The summed E-state index contributed by atoms with van der Waals surface area (Å²) in [6.45, 7) is 12.1. The average Bonchev–Trinajstić information content (AvgIpc) is 3.48. The van der Waals surface area contributed by atoms with Crippen LogP contribution in [0, 0.1) is 17.9 Å². The van der Waals surface area contributed by atoms with Gasteiger partial charge in [-0.1, -0.05) is 111 Å². The molecule has 0 radical (unpaired) electrons. The van der Waals surface area contributed by atoms with Gasteiger partial charge in [-0.2, -0.15) is 5.26 Å². The number of anilines is 6. The molecule has 0 heterocycles. The average molecular weight is 705 g/mol. The lowest BCUT2D eigenvalue weighted by molar-refractivity contribution is 0.666. The van der Waals surface area contributed by atoms with Crippen molar-refractivity contribution >= 4 is 50.6 Å². The van der Waals surface area contributed by atoms with E-state index in [9.17, 15) is 5.26 Å². The summed E-state index contributed by atoms with van der Waals surface area (Å²) in [5, 5.41) is 11.9. The predicted octanol–water partition coefficient (Wildman–Crippen LogP) is 14.2. The van der Waals surface area contributed by atoms with E-state index in [-0.39, 0.29) is 5.41 Å². The van der Waals surface area contributed by atoms with E-state index in [1.165, 1.54) is 38.6 Å². The van der Waals surface area contributed by atoms with E-state index in [1.54, 1.807) is 0 Å². The molecule has 0 unspecified atom stereocenters. The molecule has 260 valence electrons. The van der Waals surface area contributed by atoms with Crippen LogP contribution in [0.5, 0.6) is 0 Å². The van der Waals surface area contributed by atoms with Crippen molar-refractivity contribution in [1.29, 1.82) is 5.26 Å². The maximum absolute atomic E-state index is 9.53. The molecule has 1 aliphatic rings. The van der Waals surface area contributed by atoms with Crippen molar-refractivity contribution in [3.8, 4) is 28.3 Å². The van der Waals surface area contributed by atoms with Crippen LogP contribution in [0.2, 0.25) is 0 Å². The van der Waals surface area contributed by atoms with Gasteiger partial charge in [0.05, 0.1) is 18.2 Å². The molecule has 8 aromatic rings. The third kappa shape index (κ3) is 5.88. The van der Waals surface area contributed by atoms with Crippen molar-refractivity contribution in [2.24, 2.45) is 0 Å². The first-order valence-electron chi connectivity index (χ1n) is 18.4. The summed E-state index contributed by atoms with van der Waals surface area (Å²) in [5.41, 5.74) is 14.7. The van der Waals surface area contributed by atoms with E-state index in [0.717, 1.165) is 39.7 Å². The van der Waals surface area contributed by atoms with Crippen LogP contribution < -0.4 is 9.80 Å². The lowest BCUT2D eigenvalue weighted by atomic mass is 9.80. The highest BCUT2D eigenvalue weighted by molar-refractivity contribution is 6.00. The first-order chi connectivity index (χ1) is 26.9. The summed E-state index contributed by atoms with van der Waals surface area (Å²) in [4.78, 5) is 8.14. The molecule has 1 aliphatic carbocycles. The Morgan fingerprint density at radius 1 is 0.509 bits per heavy atom. The molecule has 4 heteroatoms. The Bertz CT molecular complexity index is 2770. The van der Waals surface area contributed by atoms with Gasteiger partial charge in [0.2, 0.25) is 0 Å².